The van der Waals surface area contributed by atoms with Crippen LogP contribution in [0.25, 0.3) is 0 Å². The molecular weight excluding hydrogens is 405 g/mol. The average molecular weight is 435 g/mol. The van der Waals surface area contributed by atoms with Crippen molar-refractivity contribution in [2.45, 2.75) is 45.0 Å². The molecule has 0 rings (SSSR count). The van der Waals surface area contributed by atoms with E-state index in [2.05, 4.69) is 15.6 Å². The molecule has 0 bridgehead atoms. The summed E-state index contributed by atoms with van der Waals surface area (Å²) in [5.74, 6) is 0.643. The molecule has 128 valence electrons. The fraction of sp³-hybridized carbons (Fsp3) is 0.923. The Hall–Kier alpha value is -0.0900. The van der Waals surface area contributed by atoms with Crippen LogP contribution in [0.1, 0.15) is 34.6 Å². The van der Waals surface area contributed by atoms with Crippen molar-refractivity contribution in [1.82, 2.24) is 10.6 Å². The Bertz CT molecular complexity index is 428. The van der Waals surface area contributed by atoms with E-state index in [9.17, 15) is 8.42 Å². The lowest BCUT2D eigenvalue weighted by molar-refractivity contribution is 0.0268. The molecule has 0 aromatic heterocycles. The summed E-state index contributed by atoms with van der Waals surface area (Å²) >= 11 is 0. The molecule has 0 amide bonds. The van der Waals surface area contributed by atoms with E-state index in [0.717, 1.165) is 0 Å². The summed E-state index contributed by atoms with van der Waals surface area (Å²) in [6, 6.07) is 0. The summed E-state index contributed by atoms with van der Waals surface area (Å²) in [7, 11) is 0.173. The highest BCUT2D eigenvalue weighted by molar-refractivity contribution is 14.0. The van der Waals surface area contributed by atoms with Gasteiger partial charge in [-0.25, -0.2) is 8.42 Å². The Morgan fingerprint density at radius 2 is 1.67 bits per heavy atom. The number of methoxy groups -OCH3 is 1. The van der Waals surface area contributed by atoms with Crippen LogP contribution in [-0.4, -0.2) is 57.7 Å². The lowest BCUT2D eigenvalue weighted by atomic mass is 10.1. The minimum atomic E-state index is -3.12. The van der Waals surface area contributed by atoms with Gasteiger partial charge in [0.2, 0.25) is 0 Å². The lowest BCUT2D eigenvalue weighted by Gasteiger charge is -2.24. The van der Waals surface area contributed by atoms with Crippen molar-refractivity contribution in [3.8, 4) is 0 Å². The van der Waals surface area contributed by atoms with Gasteiger partial charge in [-0.15, -0.1) is 24.0 Å². The van der Waals surface area contributed by atoms with Crippen LogP contribution in [0, 0.1) is 0 Å². The first-order chi connectivity index (χ1) is 8.95. The fourth-order valence-corrected chi connectivity index (χ4v) is 2.18. The monoisotopic (exact) mass is 435 g/mol. The molecule has 0 aliphatic heterocycles. The number of halogens is 1. The Morgan fingerprint density at radius 1 is 1.14 bits per heavy atom. The fourth-order valence-electron chi connectivity index (χ4n) is 1.20. The SMILES string of the molecule is CN=C(NCCS(=O)(=O)C(C)(C)C)NCC(C)(C)OC.I. The predicted molar refractivity (Wildman–Crippen MR) is 99.4 cm³/mol. The number of nitrogens with one attached hydrogen (secondary N) is 2. The minimum absolute atomic E-state index is 0. The van der Waals surface area contributed by atoms with Gasteiger partial charge < -0.3 is 15.4 Å². The first-order valence-corrected chi connectivity index (χ1v) is 8.32. The Labute approximate surface area is 146 Å². The van der Waals surface area contributed by atoms with Gasteiger partial charge in [0.05, 0.1) is 16.1 Å². The summed E-state index contributed by atoms with van der Waals surface area (Å²) in [6.45, 7) is 9.93. The number of guanidine groups is 1. The largest absolute Gasteiger partial charge is 0.377 e. The van der Waals surface area contributed by atoms with Crippen molar-refractivity contribution in [1.29, 1.82) is 0 Å². The van der Waals surface area contributed by atoms with Crippen LogP contribution >= 0.6 is 24.0 Å². The van der Waals surface area contributed by atoms with E-state index in [1.54, 1.807) is 34.9 Å². The minimum Gasteiger partial charge on any atom is -0.377 e. The van der Waals surface area contributed by atoms with Gasteiger partial charge in [-0.3, -0.25) is 4.99 Å². The Balaban J connectivity index is 0. The van der Waals surface area contributed by atoms with Crippen molar-refractivity contribution in [2.24, 2.45) is 4.99 Å². The maximum atomic E-state index is 12.0. The third-order valence-electron chi connectivity index (χ3n) is 3.05. The molecule has 0 heterocycles. The van der Waals surface area contributed by atoms with Gasteiger partial charge in [-0.2, -0.15) is 0 Å². The molecule has 8 heteroatoms. The Kier molecular flexibility index (Phi) is 10.1. The number of rotatable bonds is 6. The number of hydrogen-bond donors (Lipinski definition) is 2. The van der Waals surface area contributed by atoms with Crippen molar-refractivity contribution in [2.75, 3.05) is 33.0 Å². The second kappa shape index (κ2) is 9.14. The maximum Gasteiger partial charge on any atom is 0.191 e. The molecule has 0 unspecified atom stereocenters. The Morgan fingerprint density at radius 3 is 2.05 bits per heavy atom. The van der Waals surface area contributed by atoms with Crippen LogP contribution in [0.2, 0.25) is 0 Å². The van der Waals surface area contributed by atoms with Crippen LogP contribution in [0.15, 0.2) is 4.99 Å². The van der Waals surface area contributed by atoms with Crippen molar-refractivity contribution >= 4 is 39.8 Å². The van der Waals surface area contributed by atoms with Gasteiger partial charge in [0.25, 0.3) is 0 Å². The summed E-state index contributed by atoms with van der Waals surface area (Å²) in [5, 5.41) is 6.10. The van der Waals surface area contributed by atoms with Crippen LogP contribution in [-0.2, 0) is 14.6 Å². The highest BCUT2D eigenvalue weighted by Crippen LogP contribution is 2.15. The van der Waals surface area contributed by atoms with Gasteiger partial charge in [0, 0.05) is 27.2 Å². The zero-order valence-electron chi connectivity index (χ0n) is 14.1. The van der Waals surface area contributed by atoms with Crippen molar-refractivity contribution in [3.05, 3.63) is 0 Å². The van der Waals surface area contributed by atoms with E-state index in [-0.39, 0.29) is 35.3 Å². The summed E-state index contributed by atoms with van der Waals surface area (Å²) in [6.07, 6.45) is 0. The zero-order valence-corrected chi connectivity index (χ0v) is 17.3. The second-order valence-electron chi connectivity index (χ2n) is 6.25. The lowest BCUT2D eigenvalue weighted by Crippen LogP contribution is -2.46. The van der Waals surface area contributed by atoms with E-state index < -0.39 is 14.6 Å². The van der Waals surface area contributed by atoms with Crippen molar-refractivity contribution in [3.63, 3.8) is 0 Å². The van der Waals surface area contributed by atoms with Gasteiger partial charge in [0.15, 0.2) is 15.8 Å². The van der Waals surface area contributed by atoms with E-state index in [1.807, 2.05) is 13.8 Å². The average Bonchev–Trinajstić information content (AvgIpc) is 2.32. The molecule has 0 aliphatic carbocycles. The first kappa shape index (κ1) is 23.2. The zero-order chi connectivity index (χ0) is 16.0. The molecular formula is C13H30IN3O3S. The number of aliphatic imine (C=N–C) groups is 1. The van der Waals surface area contributed by atoms with E-state index >= 15 is 0 Å². The van der Waals surface area contributed by atoms with Crippen LogP contribution in [0.3, 0.4) is 0 Å². The first-order valence-electron chi connectivity index (χ1n) is 6.67. The molecule has 0 saturated heterocycles. The van der Waals surface area contributed by atoms with Crippen LogP contribution in [0.5, 0.6) is 0 Å². The molecule has 0 radical (unpaired) electrons. The van der Waals surface area contributed by atoms with Crippen molar-refractivity contribution < 1.29 is 13.2 Å². The summed E-state index contributed by atoms with van der Waals surface area (Å²) < 4.78 is 28.5. The standard InChI is InChI=1S/C13H29N3O3S.HI/c1-12(2,3)20(17,18)9-8-15-11(14-6)16-10-13(4,5)19-7;/h8-10H2,1-7H3,(H2,14,15,16);1H. The molecule has 6 nitrogen and oxygen atoms in total. The molecule has 0 aromatic rings. The van der Waals surface area contributed by atoms with Crippen LogP contribution < -0.4 is 10.6 Å². The number of hydrogen-bond acceptors (Lipinski definition) is 4. The summed E-state index contributed by atoms with van der Waals surface area (Å²) in [5.41, 5.74) is -0.310. The van der Waals surface area contributed by atoms with Gasteiger partial charge in [0.1, 0.15) is 0 Å². The number of sulfone groups is 1. The van der Waals surface area contributed by atoms with Gasteiger partial charge >= 0.3 is 0 Å². The van der Waals surface area contributed by atoms with E-state index in [1.165, 1.54) is 0 Å². The summed E-state index contributed by atoms with van der Waals surface area (Å²) in [4.78, 5) is 4.05. The molecule has 0 spiro atoms. The molecule has 21 heavy (non-hydrogen) atoms. The third kappa shape index (κ3) is 8.82. The van der Waals surface area contributed by atoms with Gasteiger partial charge in [-0.1, -0.05) is 0 Å². The predicted octanol–water partition coefficient (Wildman–Crippen LogP) is 1.41. The van der Waals surface area contributed by atoms with Gasteiger partial charge in [-0.05, 0) is 34.6 Å². The quantitative estimate of drug-likeness (QED) is 0.375. The topological polar surface area (TPSA) is 79.8 Å². The molecule has 2 N–H and O–H groups in total. The maximum absolute atomic E-state index is 12.0. The highest BCUT2D eigenvalue weighted by Gasteiger charge is 2.28. The highest BCUT2D eigenvalue weighted by atomic mass is 127. The molecule has 0 atom stereocenters. The number of nitrogens with zero attached hydrogens (tertiary/aromatic N) is 1. The third-order valence-corrected chi connectivity index (χ3v) is 5.66. The molecule has 0 aliphatic rings. The van der Waals surface area contributed by atoms with E-state index in [4.69, 9.17) is 4.74 Å². The number of ether oxygens (including phenoxy) is 1. The van der Waals surface area contributed by atoms with E-state index in [0.29, 0.717) is 19.0 Å². The normalized spacial score (nSPS) is 13.6. The molecule has 0 aromatic carbocycles. The molecule has 0 saturated carbocycles. The van der Waals surface area contributed by atoms with Crippen LogP contribution in [0.4, 0.5) is 0 Å². The smallest absolute Gasteiger partial charge is 0.191 e. The molecule has 0 fully saturated rings. The second-order valence-corrected chi connectivity index (χ2v) is 9.11.